The first-order valence-corrected chi connectivity index (χ1v) is 10.0. The number of benzene rings is 2. The van der Waals surface area contributed by atoms with E-state index in [0.717, 1.165) is 23.4 Å². The third-order valence-electron chi connectivity index (χ3n) is 4.08. The van der Waals surface area contributed by atoms with Crippen LogP contribution in [0.5, 0.6) is 0 Å². The lowest BCUT2D eigenvalue weighted by Gasteiger charge is -2.07. The number of tetrazole rings is 1. The van der Waals surface area contributed by atoms with E-state index >= 15 is 0 Å². The SMILES string of the molecule is CCCCc1ccc(NC(=O)CSc2nnnn2-c2cccc(C)c2)cc1. The van der Waals surface area contributed by atoms with Crippen molar-refractivity contribution in [2.24, 2.45) is 0 Å². The number of unbranched alkanes of at least 4 members (excludes halogenated alkanes) is 1. The van der Waals surface area contributed by atoms with Gasteiger partial charge in [0.2, 0.25) is 11.1 Å². The number of amides is 1. The lowest BCUT2D eigenvalue weighted by Crippen LogP contribution is -2.14. The van der Waals surface area contributed by atoms with E-state index in [1.54, 1.807) is 4.68 Å². The Morgan fingerprint density at radius 3 is 2.74 bits per heavy atom. The van der Waals surface area contributed by atoms with E-state index in [-0.39, 0.29) is 11.7 Å². The first-order chi connectivity index (χ1) is 13.2. The average molecular weight is 382 g/mol. The topological polar surface area (TPSA) is 72.7 Å². The van der Waals surface area contributed by atoms with Crippen LogP contribution in [0.1, 0.15) is 30.9 Å². The van der Waals surface area contributed by atoms with Crippen LogP contribution >= 0.6 is 11.8 Å². The quantitative estimate of drug-likeness (QED) is 0.596. The highest BCUT2D eigenvalue weighted by molar-refractivity contribution is 7.99. The minimum absolute atomic E-state index is 0.0832. The molecule has 0 bridgehead atoms. The number of rotatable bonds is 8. The monoisotopic (exact) mass is 381 g/mol. The number of hydrogen-bond donors (Lipinski definition) is 1. The maximum absolute atomic E-state index is 12.3. The fraction of sp³-hybridized carbons (Fsp3) is 0.300. The highest BCUT2D eigenvalue weighted by atomic mass is 32.2. The van der Waals surface area contributed by atoms with E-state index in [0.29, 0.717) is 5.16 Å². The standard InChI is InChI=1S/C20H23N5OS/c1-3-4-7-16-9-11-17(12-10-16)21-19(26)14-27-20-22-23-24-25(20)18-8-5-6-15(2)13-18/h5-6,8-13H,3-4,7,14H2,1-2H3,(H,21,26). The van der Waals surface area contributed by atoms with Crippen LogP contribution in [0.25, 0.3) is 5.69 Å². The Morgan fingerprint density at radius 1 is 1.19 bits per heavy atom. The van der Waals surface area contributed by atoms with Crippen molar-refractivity contribution in [3.05, 3.63) is 59.7 Å². The summed E-state index contributed by atoms with van der Waals surface area (Å²) in [5.74, 6) is 0.157. The van der Waals surface area contributed by atoms with Gasteiger partial charge < -0.3 is 5.32 Å². The average Bonchev–Trinajstić information content (AvgIpc) is 3.14. The third-order valence-corrected chi connectivity index (χ3v) is 5.00. The molecule has 3 aromatic rings. The summed E-state index contributed by atoms with van der Waals surface area (Å²) in [6, 6.07) is 15.9. The van der Waals surface area contributed by atoms with E-state index in [4.69, 9.17) is 0 Å². The Labute approximate surface area is 163 Å². The largest absolute Gasteiger partial charge is 0.325 e. The second-order valence-electron chi connectivity index (χ2n) is 6.35. The molecule has 0 unspecified atom stereocenters. The Balaban J connectivity index is 1.56. The summed E-state index contributed by atoms with van der Waals surface area (Å²) in [6.07, 6.45) is 3.43. The highest BCUT2D eigenvalue weighted by Crippen LogP contribution is 2.19. The summed E-state index contributed by atoms with van der Waals surface area (Å²) < 4.78 is 1.65. The van der Waals surface area contributed by atoms with Crippen molar-refractivity contribution >= 4 is 23.4 Å². The molecule has 0 spiro atoms. The number of aromatic nitrogens is 4. The number of aryl methyl sites for hydroxylation is 2. The summed E-state index contributed by atoms with van der Waals surface area (Å²) >= 11 is 1.31. The van der Waals surface area contributed by atoms with Crippen LogP contribution < -0.4 is 5.32 Å². The van der Waals surface area contributed by atoms with Crippen molar-refractivity contribution in [2.75, 3.05) is 11.1 Å². The van der Waals surface area contributed by atoms with E-state index in [9.17, 15) is 4.79 Å². The Hall–Kier alpha value is -2.67. The molecule has 2 aromatic carbocycles. The van der Waals surface area contributed by atoms with Gasteiger partial charge in [-0.2, -0.15) is 4.68 Å². The highest BCUT2D eigenvalue weighted by Gasteiger charge is 2.12. The molecule has 6 nitrogen and oxygen atoms in total. The second-order valence-corrected chi connectivity index (χ2v) is 7.29. The lowest BCUT2D eigenvalue weighted by atomic mass is 10.1. The molecule has 27 heavy (non-hydrogen) atoms. The van der Waals surface area contributed by atoms with Gasteiger partial charge in [0.05, 0.1) is 11.4 Å². The molecule has 1 aromatic heterocycles. The molecule has 1 amide bonds. The molecule has 0 aliphatic heterocycles. The van der Waals surface area contributed by atoms with Crippen molar-refractivity contribution in [3.8, 4) is 5.69 Å². The molecular weight excluding hydrogens is 358 g/mol. The fourth-order valence-corrected chi connectivity index (χ4v) is 3.34. The predicted molar refractivity (Wildman–Crippen MR) is 108 cm³/mol. The third kappa shape index (κ3) is 5.40. The zero-order valence-electron chi connectivity index (χ0n) is 15.6. The smallest absolute Gasteiger partial charge is 0.234 e. The Morgan fingerprint density at radius 2 is 2.00 bits per heavy atom. The summed E-state index contributed by atoms with van der Waals surface area (Å²) in [4.78, 5) is 12.3. The van der Waals surface area contributed by atoms with Gasteiger partial charge in [0, 0.05) is 5.69 Å². The summed E-state index contributed by atoms with van der Waals surface area (Å²) in [5.41, 5.74) is 4.10. The summed E-state index contributed by atoms with van der Waals surface area (Å²) in [7, 11) is 0. The summed E-state index contributed by atoms with van der Waals surface area (Å²) in [5, 5.41) is 15.3. The minimum atomic E-state index is -0.0832. The number of thioether (sulfide) groups is 1. The fourth-order valence-electron chi connectivity index (χ4n) is 2.65. The van der Waals surface area contributed by atoms with Crippen LogP contribution in [-0.2, 0) is 11.2 Å². The van der Waals surface area contributed by atoms with E-state index < -0.39 is 0 Å². The zero-order valence-corrected chi connectivity index (χ0v) is 16.4. The first-order valence-electron chi connectivity index (χ1n) is 9.02. The van der Waals surface area contributed by atoms with Gasteiger partial charge in [-0.05, 0) is 65.6 Å². The van der Waals surface area contributed by atoms with Crippen LogP contribution in [0.3, 0.4) is 0 Å². The van der Waals surface area contributed by atoms with Gasteiger partial charge in [0.15, 0.2) is 0 Å². The first kappa shape index (κ1) is 19.1. The maximum Gasteiger partial charge on any atom is 0.234 e. The van der Waals surface area contributed by atoms with Gasteiger partial charge in [-0.3, -0.25) is 4.79 Å². The van der Waals surface area contributed by atoms with Crippen molar-refractivity contribution in [1.29, 1.82) is 0 Å². The lowest BCUT2D eigenvalue weighted by molar-refractivity contribution is -0.113. The van der Waals surface area contributed by atoms with Gasteiger partial charge in [-0.15, -0.1) is 5.10 Å². The Kier molecular flexibility index (Phi) is 6.59. The van der Waals surface area contributed by atoms with E-state index in [2.05, 4.69) is 39.9 Å². The van der Waals surface area contributed by atoms with Crippen molar-refractivity contribution < 1.29 is 4.79 Å². The van der Waals surface area contributed by atoms with Gasteiger partial charge >= 0.3 is 0 Å². The van der Waals surface area contributed by atoms with Gasteiger partial charge in [0.25, 0.3) is 0 Å². The molecule has 0 aliphatic carbocycles. The molecule has 7 heteroatoms. The number of hydrogen-bond acceptors (Lipinski definition) is 5. The van der Waals surface area contributed by atoms with Gasteiger partial charge in [-0.1, -0.05) is 49.4 Å². The molecule has 3 rings (SSSR count). The van der Waals surface area contributed by atoms with Crippen LogP contribution in [0.15, 0.2) is 53.7 Å². The maximum atomic E-state index is 12.3. The van der Waals surface area contributed by atoms with Crippen molar-refractivity contribution in [3.63, 3.8) is 0 Å². The molecule has 0 saturated carbocycles. The molecule has 1 N–H and O–H groups in total. The molecule has 1 heterocycles. The van der Waals surface area contributed by atoms with E-state index in [1.807, 2.05) is 43.3 Å². The van der Waals surface area contributed by atoms with Crippen LogP contribution in [-0.4, -0.2) is 31.9 Å². The molecule has 0 radical (unpaired) electrons. The number of nitrogens with one attached hydrogen (secondary N) is 1. The molecule has 0 saturated heterocycles. The molecule has 0 atom stereocenters. The normalized spacial score (nSPS) is 10.7. The van der Waals surface area contributed by atoms with E-state index in [1.165, 1.54) is 30.2 Å². The van der Waals surface area contributed by atoms with Gasteiger partial charge in [0.1, 0.15) is 0 Å². The summed E-state index contributed by atoms with van der Waals surface area (Å²) in [6.45, 7) is 4.20. The molecule has 0 aliphatic rings. The molecular formula is C20H23N5OS. The van der Waals surface area contributed by atoms with Crippen molar-refractivity contribution in [1.82, 2.24) is 20.2 Å². The number of anilines is 1. The van der Waals surface area contributed by atoms with Gasteiger partial charge in [-0.25, -0.2) is 0 Å². The number of carbonyl (C=O) groups is 1. The zero-order chi connectivity index (χ0) is 19.1. The minimum Gasteiger partial charge on any atom is -0.325 e. The van der Waals surface area contributed by atoms with Crippen LogP contribution in [0.2, 0.25) is 0 Å². The predicted octanol–water partition coefficient (Wildman–Crippen LogP) is 4.04. The molecule has 0 fully saturated rings. The molecule has 140 valence electrons. The Bertz CT molecular complexity index is 891. The second kappa shape index (κ2) is 9.32. The number of carbonyl (C=O) groups excluding carboxylic acids is 1. The van der Waals surface area contributed by atoms with Crippen LogP contribution in [0, 0.1) is 6.92 Å². The van der Waals surface area contributed by atoms with Crippen LogP contribution in [0.4, 0.5) is 5.69 Å². The van der Waals surface area contributed by atoms with Crippen molar-refractivity contribution in [2.45, 2.75) is 38.3 Å². The number of nitrogens with zero attached hydrogens (tertiary/aromatic N) is 4.